The van der Waals surface area contributed by atoms with E-state index >= 15 is 0 Å². The predicted molar refractivity (Wildman–Crippen MR) is 64.1 cm³/mol. The first kappa shape index (κ1) is 14.8. The van der Waals surface area contributed by atoms with Gasteiger partial charge in [-0.2, -0.15) is 0 Å². The number of hydrogen-bond donors (Lipinski definition) is 1. The van der Waals surface area contributed by atoms with Gasteiger partial charge in [0.05, 0.1) is 13.2 Å². The number of hydrogen-bond acceptors (Lipinski definition) is 5. The zero-order valence-electron chi connectivity index (χ0n) is 11.3. The molecule has 0 saturated carbocycles. The van der Waals surface area contributed by atoms with E-state index in [2.05, 4.69) is 10.1 Å². The number of esters is 1. The van der Waals surface area contributed by atoms with Crippen molar-refractivity contribution in [3.05, 3.63) is 0 Å². The van der Waals surface area contributed by atoms with E-state index in [9.17, 15) is 9.59 Å². The molecule has 104 valence electrons. The number of ether oxygens (including phenoxy) is 3. The molecule has 0 radical (unpaired) electrons. The molecule has 2 atom stereocenters. The van der Waals surface area contributed by atoms with Crippen LogP contribution in [0.4, 0.5) is 4.79 Å². The second kappa shape index (κ2) is 6.04. The van der Waals surface area contributed by atoms with Crippen LogP contribution >= 0.6 is 0 Å². The Morgan fingerprint density at radius 1 is 1.33 bits per heavy atom. The number of methoxy groups -OCH3 is 1. The topological polar surface area (TPSA) is 73.9 Å². The maximum absolute atomic E-state index is 11.4. The van der Waals surface area contributed by atoms with Crippen molar-refractivity contribution >= 4 is 12.1 Å². The van der Waals surface area contributed by atoms with Crippen molar-refractivity contribution in [2.75, 3.05) is 13.7 Å². The van der Waals surface area contributed by atoms with Crippen molar-refractivity contribution in [3.8, 4) is 0 Å². The summed E-state index contributed by atoms with van der Waals surface area (Å²) in [5.41, 5.74) is -0.519. The summed E-state index contributed by atoms with van der Waals surface area (Å²) >= 11 is 0. The van der Waals surface area contributed by atoms with Gasteiger partial charge in [-0.25, -0.2) is 9.59 Å². The summed E-state index contributed by atoms with van der Waals surface area (Å²) in [7, 11) is 1.33. The third-order valence-electron chi connectivity index (χ3n) is 2.44. The molecule has 0 aromatic heterocycles. The Kier molecular flexibility index (Phi) is 4.95. The molecular weight excluding hydrogens is 238 g/mol. The van der Waals surface area contributed by atoms with E-state index in [-0.39, 0.29) is 12.1 Å². The lowest BCUT2D eigenvalue weighted by Crippen LogP contribution is -2.37. The molecule has 1 fully saturated rings. The van der Waals surface area contributed by atoms with E-state index < -0.39 is 17.8 Å². The normalized spacial score (nSPS) is 23.6. The summed E-state index contributed by atoms with van der Waals surface area (Å²) in [6.07, 6.45) is 0.179. The van der Waals surface area contributed by atoms with Gasteiger partial charge in [0.2, 0.25) is 0 Å². The van der Waals surface area contributed by atoms with E-state index in [4.69, 9.17) is 9.47 Å². The van der Waals surface area contributed by atoms with Crippen molar-refractivity contribution in [3.63, 3.8) is 0 Å². The second-order valence-electron chi connectivity index (χ2n) is 5.23. The van der Waals surface area contributed by atoms with Crippen LogP contribution in [0.25, 0.3) is 0 Å². The average Bonchev–Trinajstić information content (AvgIpc) is 2.71. The van der Waals surface area contributed by atoms with Crippen LogP contribution in [0.5, 0.6) is 0 Å². The molecule has 0 unspecified atom stereocenters. The van der Waals surface area contributed by atoms with Crippen LogP contribution in [-0.4, -0.2) is 43.5 Å². The molecule has 1 aliphatic rings. The highest BCUT2D eigenvalue weighted by molar-refractivity contribution is 5.74. The minimum Gasteiger partial charge on any atom is -0.467 e. The Balaban J connectivity index is 2.26. The van der Waals surface area contributed by atoms with E-state index in [1.807, 2.05) is 0 Å². The van der Waals surface area contributed by atoms with Crippen LogP contribution in [0.15, 0.2) is 0 Å². The quantitative estimate of drug-likeness (QED) is 0.772. The summed E-state index contributed by atoms with van der Waals surface area (Å²) in [5, 5.41) is 2.62. The van der Waals surface area contributed by atoms with Crippen LogP contribution in [0.1, 0.15) is 33.6 Å². The molecule has 0 aromatic rings. The zero-order chi connectivity index (χ0) is 13.8. The minimum atomic E-state index is -0.519. The van der Waals surface area contributed by atoms with Crippen molar-refractivity contribution in [2.24, 2.45) is 0 Å². The average molecular weight is 259 g/mol. The fraction of sp³-hybridized carbons (Fsp3) is 0.833. The summed E-state index contributed by atoms with van der Waals surface area (Å²) < 4.78 is 15.1. The maximum Gasteiger partial charge on any atom is 0.407 e. The zero-order valence-corrected chi connectivity index (χ0v) is 11.3. The van der Waals surface area contributed by atoms with E-state index in [0.717, 1.165) is 6.42 Å². The summed E-state index contributed by atoms with van der Waals surface area (Å²) in [5.74, 6) is -0.366. The van der Waals surface area contributed by atoms with E-state index in [0.29, 0.717) is 13.0 Å². The molecule has 0 bridgehead atoms. The van der Waals surface area contributed by atoms with Crippen LogP contribution in [0, 0.1) is 0 Å². The van der Waals surface area contributed by atoms with Crippen molar-refractivity contribution < 1.29 is 23.8 Å². The van der Waals surface area contributed by atoms with Crippen LogP contribution in [0.3, 0.4) is 0 Å². The molecule has 1 rings (SSSR count). The fourth-order valence-corrected chi connectivity index (χ4v) is 1.67. The van der Waals surface area contributed by atoms with E-state index in [1.165, 1.54) is 7.11 Å². The highest BCUT2D eigenvalue weighted by Gasteiger charge is 2.31. The van der Waals surface area contributed by atoms with Gasteiger partial charge in [0.25, 0.3) is 0 Å². The lowest BCUT2D eigenvalue weighted by molar-refractivity contribution is -0.153. The molecule has 1 aliphatic heterocycles. The molecule has 0 spiro atoms. The lowest BCUT2D eigenvalue weighted by Gasteiger charge is -2.20. The standard InChI is InChI=1S/C12H21NO5/c1-12(2,3)18-11(15)13-7-8-5-6-9(17-8)10(14)16-4/h8-9H,5-7H2,1-4H3,(H,13,15)/t8-,9-/m1/s1. The van der Waals surface area contributed by atoms with Crippen molar-refractivity contribution in [1.29, 1.82) is 0 Å². The molecule has 0 aliphatic carbocycles. The Morgan fingerprint density at radius 2 is 2.00 bits per heavy atom. The van der Waals surface area contributed by atoms with Crippen molar-refractivity contribution in [2.45, 2.75) is 51.4 Å². The Morgan fingerprint density at radius 3 is 2.56 bits per heavy atom. The highest BCUT2D eigenvalue weighted by atomic mass is 16.6. The molecular formula is C12H21NO5. The number of alkyl carbamates (subject to hydrolysis) is 1. The Hall–Kier alpha value is -1.30. The molecule has 6 heteroatoms. The highest BCUT2D eigenvalue weighted by Crippen LogP contribution is 2.20. The summed E-state index contributed by atoms with van der Waals surface area (Å²) in [4.78, 5) is 22.6. The third kappa shape index (κ3) is 4.91. The molecule has 6 nitrogen and oxygen atoms in total. The fourth-order valence-electron chi connectivity index (χ4n) is 1.67. The largest absolute Gasteiger partial charge is 0.467 e. The SMILES string of the molecule is COC(=O)[C@H]1CC[C@H](CNC(=O)OC(C)(C)C)O1. The first-order chi connectivity index (χ1) is 8.31. The van der Waals surface area contributed by atoms with Gasteiger partial charge >= 0.3 is 12.1 Å². The van der Waals surface area contributed by atoms with Gasteiger partial charge in [-0.3, -0.25) is 0 Å². The smallest absolute Gasteiger partial charge is 0.407 e. The molecule has 0 aromatic carbocycles. The van der Waals surface area contributed by atoms with Gasteiger partial charge in [-0.1, -0.05) is 0 Å². The molecule has 18 heavy (non-hydrogen) atoms. The van der Waals surface area contributed by atoms with E-state index in [1.54, 1.807) is 20.8 Å². The minimum absolute atomic E-state index is 0.165. The number of nitrogens with one attached hydrogen (secondary N) is 1. The number of amides is 1. The predicted octanol–water partition coefficient (Wildman–Crippen LogP) is 1.23. The molecule has 1 saturated heterocycles. The van der Waals surface area contributed by atoms with Crippen LogP contribution in [-0.2, 0) is 19.0 Å². The monoisotopic (exact) mass is 259 g/mol. The second-order valence-corrected chi connectivity index (χ2v) is 5.23. The molecule has 1 heterocycles. The van der Waals surface area contributed by atoms with Gasteiger partial charge < -0.3 is 19.5 Å². The van der Waals surface area contributed by atoms with Gasteiger partial charge in [0.15, 0.2) is 6.10 Å². The first-order valence-corrected chi connectivity index (χ1v) is 6.02. The van der Waals surface area contributed by atoms with Crippen LogP contribution < -0.4 is 5.32 Å². The maximum atomic E-state index is 11.4. The van der Waals surface area contributed by atoms with Gasteiger partial charge in [0.1, 0.15) is 5.60 Å². The molecule has 1 amide bonds. The number of rotatable bonds is 3. The molecule has 1 N–H and O–H groups in total. The summed E-state index contributed by atoms with van der Waals surface area (Å²) in [6.45, 7) is 5.73. The first-order valence-electron chi connectivity index (χ1n) is 6.02. The van der Waals surface area contributed by atoms with Crippen LogP contribution in [0.2, 0.25) is 0 Å². The number of carbonyl (C=O) groups is 2. The summed E-state index contributed by atoms with van der Waals surface area (Å²) in [6, 6.07) is 0. The van der Waals surface area contributed by atoms with Crippen molar-refractivity contribution in [1.82, 2.24) is 5.32 Å². The Bertz CT molecular complexity index is 310. The van der Waals surface area contributed by atoms with Gasteiger partial charge in [0, 0.05) is 6.54 Å². The Labute approximate surface area is 107 Å². The van der Waals surface area contributed by atoms with Gasteiger partial charge in [-0.05, 0) is 33.6 Å². The third-order valence-corrected chi connectivity index (χ3v) is 2.44. The number of carbonyl (C=O) groups excluding carboxylic acids is 2. The van der Waals surface area contributed by atoms with Gasteiger partial charge in [-0.15, -0.1) is 0 Å². The lowest BCUT2D eigenvalue weighted by atomic mass is 10.2.